The highest BCUT2D eigenvalue weighted by molar-refractivity contribution is 7.99. The van der Waals surface area contributed by atoms with Crippen LogP contribution in [-0.4, -0.2) is 24.2 Å². The Balaban J connectivity index is 1.27. The van der Waals surface area contributed by atoms with E-state index in [4.69, 9.17) is 4.74 Å². The summed E-state index contributed by atoms with van der Waals surface area (Å²) in [5.41, 5.74) is 1.48. The summed E-state index contributed by atoms with van der Waals surface area (Å²) < 4.78 is 5.80. The molecule has 0 amide bonds. The molecule has 1 aromatic rings. The highest BCUT2D eigenvalue weighted by Gasteiger charge is 2.12. The second kappa shape index (κ2) is 14.7. The molecular formula is C23H38OS. The predicted octanol–water partition coefficient (Wildman–Crippen LogP) is 7.04. The van der Waals surface area contributed by atoms with E-state index in [2.05, 4.69) is 42.1 Å². The molecule has 1 aliphatic heterocycles. The number of thioether (sulfide) groups is 1. The minimum Gasteiger partial charge on any atom is -0.378 e. The molecule has 0 aliphatic carbocycles. The first-order chi connectivity index (χ1) is 12.4. The highest BCUT2D eigenvalue weighted by atomic mass is 32.2. The van der Waals surface area contributed by atoms with Crippen LogP contribution < -0.4 is 0 Å². The molecule has 1 nitrogen and oxygen atoms in total. The van der Waals surface area contributed by atoms with Crippen LogP contribution in [-0.2, 0) is 11.2 Å². The van der Waals surface area contributed by atoms with Gasteiger partial charge in [-0.05, 0) is 62.0 Å². The van der Waals surface area contributed by atoms with Gasteiger partial charge in [-0.1, -0.05) is 68.9 Å². The average molecular weight is 363 g/mol. The average Bonchev–Trinajstić information content (AvgIpc) is 2.67. The number of benzene rings is 1. The smallest absolute Gasteiger partial charge is 0.0575 e. The maximum atomic E-state index is 5.80. The van der Waals surface area contributed by atoms with Crippen LogP contribution in [0.2, 0.25) is 0 Å². The Hall–Kier alpha value is -0.470. The second-order valence-corrected chi connectivity index (χ2v) is 8.68. The summed E-state index contributed by atoms with van der Waals surface area (Å²) >= 11 is 2.15. The van der Waals surface area contributed by atoms with Crippen LogP contribution >= 0.6 is 11.8 Å². The van der Waals surface area contributed by atoms with Crippen molar-refractivity contribution in [3.05, 3.63) is 35.9 Å². The Morgan fingerprint density at radius 1 is 0.800 bits per heavy atom. The Kier molecular flexibility index (Phi) is 12.2. The van der Waals surface area contributed by atoms with Crippen molar-refractivity contribution in [3.63, 3.8) is 0 Å². The Bertz CT molecular complexity index is 400. The van der Waals surface area contributed by atoms with Gasteiger partial charge in [0, 0.05) is 6.61 Å². The largest absolute Gasteiger partial charge is 0.378 e. The van der Waals surface area contributed by atoms with Gasteiger partial charge in [-0.3, -0.25) is 0 Å². The van der Waals surface area contributed by atoms with Crippen LogP contribution in [0.15, 0.2) is 30.3 Å². The molecule has 2 heteroatoms. The van der Waals surface area contributed by atoms with Crippen molar-refractivity contribution in [2.24, 2.45) is 0 Å². The normalized spacial score (nSPS) is 17.7. The molecule has 25 heavy (non-hydrogen) atoms. The van der Waals surface area contributed by atoms with E-state index in [1.807, 2.05) is 0 Å². The quantitative estimate of drug-likeness (QED) is 0.328. The molecule has 1 heterocycles. The molecule has 0 saturated carbocycles. The third-order valence-corrected chi connectivity index (χ3v) is 6.34. The van der Waals surface area contributed by atoms with Crippen LogP contribution in [0.1, 0.15) is 82.6 Å². The second-order valence-electron chi connectivity index (χ2n) is 7.45. The fraction of sp³-hybridized carbons (Fsp3) is 0.739. The minimum absolute atomic E-state index is 0.590. The van der Waals surface area contributed by atoms with Gasteiger partial charge in [0.1, 0.15) is 0 Å². The topological polar surface area (TPSA) is 9.23 Å². The number of unbranched alkanes of at least 4 members (excludes halogenated alkanes) is 6. The van der Waals surface area contributed by atoms with Crippen molar-refractivity contribution < 1.29 is 4.74 Å². The zero-order valence-corrected chi connectivity index (χ0v) is 16.9. The Morgan fingerprint density at radius 2 is 1.52 bits per heavy atom. The van der Waals surface area contributed by atoms with Crippen molar-refractivity contribution in [2.75, 3.05) is 18.1 Å². The highest BCUT2D eigenvalue weighted by Crippen LogP contribution is 2.19. The molecule has 0 N–H and O–H groups in total. The van der Waals surface area contributed by atoms with Crippen molar-refractivity contribution in [2.45, 2.75) is 89.6 Å². The molecule has 0 aromatic heterocycles. The molecule has 1 unspecified atom stereocenters. The van der Waals surface area contributed by atoms with Crippen LogP contribution in [0.3, 0.4) is 0 Å². The first-order valence-electron chi connectivity index (χ1n) is 10.7. The number of aryl methyl sites for hydroxylation is 1. The fourth-order valence-corrected chi connectivity index (χ4v) is 4.58. The summed E-state index contributed by atoms with van der Waals surface area (Å²) in [5, 5.41) is 0. The van der Waals surface area contributed by atoms with E-state index >= 15 is 0 Å². The summed E-state index contributed by atoms with van der Waals surface area (Å²) in [6.45, 7) is 1.01. The molecule has 1 aromatic carbocycles. The molecule has 0 bridgehead atoms. The number of hydrogen-bond acceptors (Lipinski definition) is 2. The zero-order chi connectivity index (χ0) is 17.4. The van der Waals surface area contributed by atoms with E-state index in [-0.39, 0.29) is 0 Å². The molecule has 1 saturated heterocycles. The van der Waals surface area contributed by atoms with Gasteiger partial charge in [-0.2, -0.15) is 11.8 Å². The van der Waals surface area contributed by atoms with E-state index in [0.29, 0.717) is 6.10 Å². The van der Waals surface area contributed by atoms with Gasteiger partial charge >= 0.3 is 0 Å². The number of hydrogen-bond donors (Lipinski definition) is 0. The van der Waals surface area contributed by atoms with Gasteiger partial charge < -0.3 is 4.74 Å². The van der Waals surface area contributed by atoms with Gasteiger partial charge in [0.15, 0.2) is 0 Å². The first-order valence-corrected chi connectivity index (χ1v) is 11.8. The fourth-order valence-electron chi connectivity index (χ4n) is 3.62. The lowest BCUT2D eigenvalue weighted by molar-refractivity contribution is 0.00977. The van der Waals surface area contributed by atoms with Crippen LogP contribution in [0.5, 0.6) is 0 Å². The molecule has 0 radical (unpaired) electrons. The summed E-state index contributed by atoms with van der Waals surface area (Å²) in [5.74, 6) is 2.67. The van der Waals surface area contributed by atoms with Gasteiger partial charge in [0.05, 0.1) is 6.10 Å². The van der Waals surface area contributed by atoms with E-state index < -0.39 is 0 Å². The van der Waals surface area contributed by atoms with E-state index in [1.54, 1.807) is 0 Å². The van der Waals surface area contributed by atoms with Gasteiger partial charge in [-0.25, -0.2) is 0 Å². The van der Waals surface area contributed by atoms with Crippen LogP contribution in [0.4, 0.5) is 0 Å². The van der Waals surface area contributed by atoms with E-state index in [9.17, 15) is 0 Å². The molecular weight excluding hydrogens is 324 g/mol. The standard InChI is InChI=1S/C23H38OS/c1(2-4-9-17-23-18-10-11-19-24-23)3-5-12-20-25-21-13-16-22-14-7-6-8-15-22/h6-8,14-15,23H,1-5,9-13,16-21H2. The van der Waals surface area contributed by atoms with Crippen molar-refractivity contribution in [1.82, 2.24) is 0 Å². The minimum atomic E-state index is 0.590. The van der Waals surface area contributed by atoms with Crippen LogP contribution in [0.25, 0.3) is 0 Å². The maximum absolute atomic E-state index is 5.80. The maximum Gasteiger partial charge on any atom is 0.0575 e. The molecule has 2 rings (SSSR count). The molecule has 1 fully saturated rings. The molecule has 0 spiro atoms. The summed E-state index contributed by atoms with van der Waals surface area (Å²) in [6.07, 6.45) is 18.3. The lowest BCUT2D eigenvalue weighted by atomic mass is 10.0. The Morgan fingerprint density at radius 3 is 2.28 bits per heavy atom. The molecule has 1 aliphatic rings. The lowest BCUT2D eigenvalue weighted by Gasteiger charge is -2.22. The van der Waals surface area contributed by atoms with Crippen molar-refractivity contribution in [1.29, 1.82) is 0 Å². The van der Waals surface area contributed by atoms with E-state index in [1.165, 1.54) is 101 Å². The SMILES string of the molecule is c1ccc(CCCSCCCCCCCCCC2CCCCO2)cc1. The Labute approximate surface area is 160 Å². The number of rotatable bonds is 14. The summed E-state index contributed by atoms with van der Waals surface area (Å²) in [6, 6.07) is 10.9. The van der Waals surface area contributed by atoms with Crippen molar-refractivity contribution >= 4 is 11.8 Å². The monoisotopic (exact) mass is 362 g/mol. The molecule has 1 atom stereocenters. The third-order valence-electron chi connectivity index (χ3n) is 5.19. The van der Waals surface area contributed by atoms with Crippen LogP contribution in [0, 0.1) is 0 Å². The third kappa shape index (κ3) is 11.0. The molecule has 142 valence electrons. The summed E-state index contributed by atoms with van der Waals surface area (Å²) in [4.78, 5) is 0. The zero-order valence-electron chi connectivity index (χ0n) is 16.1. The summed E-state index contributed by atoms with van der Waals surface area (Å²) in [7, 11) is 0. The first kappa shape index (κ1) is 20.8. The number of ether oxygens (including phenoxy) is 1. The van der Waals surface area contributed by atoms with Gasteiger partial charge in [-0.15, -0.1) is 0 Å². The lowest BCUT2D eigenvalue weighted by Crippen LogP contribution is -2.18. The van der Waals surface area contributed by atoms with E-state index in [0.717, 1.165) is 6.61 Å². The van der Waals surface area contributed by atoms with Gasteiger partial charge in [0.25, 0.3) is 0 Å². The van der Waals surface area contributed by atoms with Crippen molar-refractivity contribution in [3.8, 4) is 0 Å². The van der Waals surface area contributed by atoms with Gasteiger partial charge in [0.2, 0.25) is 0 Å². The predicted molar refractivity (Wildman–Crippen MR) is 113 cm³/mol.